The Labute approximate surface area is 159 Å². The zero-order valence-electron chi connectivity index (χ0n) is 15.5. The maximum atomic E-state index is 12.4. The number of hydrogen-bond acceptors (Lipinski definition) is 3. The molecule has 0 bridgehead atoms. The van der Waals surface area contributed by atoms with Crippen molar-refractivity contribution in [3.63, 3.8) is 0 Å². The molecule has 2 N–H and O–H groups in total. The Kier molecular flexibility index (Phi) is 5.21. The van der Waals surface area contributed by atoms with E-state index in [9.17, 15) is 9.59 Å². The van der Waals surface area contributed by atoms with Crippen LogP contribution in [-0.2, 0) is 28.9 Å². The molecule has 2 aromatic carbocycles. The van der Waals surface area contributed by atoms with E-state index in [1.165, 1.54) is 31.5 Å². The second kappa shape index (κ2) is 7.92. The number of nitrogens with zero attached hydrogens (tertiary/aromatic N) is 1. The first-order chi connectivity index (χ1) is 13.2. The highest BCUT2D eigenvalue weighted by atomic mass is 16.2. The van der Waals surface area contributed by atoms with Gasteiger partial charge in [0.15, 0.2) is 0 Å². The molecule has 0 atom stereocenters. The first-order valence-electron chi connectivity index (χ1n) is 9.68. The molecule has 1 saturated heterocycles. The van der Waals surface area contributed by atoms with Gasteiger partial charge in [-0.2, -0.15) is 0 Å². The highest BCUT2D eigenvalue weighted by Crippen LogP contribution is 2.24. The van der Waals surface area contributed by atoms with Gasteiger partial charge in [-0.05, 0) is 67.2 Å². The summed E-state index contributed by atoms with van der Waals surface area (Å²) in [6.45, 7) is 3.49. The minimum atomic E-state index is -0.0454. The normalized spacial score (nSPS) is 16.2. The monoisotopic (exact) mass is 363 g/mol. The standard InChI is InChI=1S/C22H25N3O2/c26-21(14-17-6-7-18-15-22(27)24-20(18)13-17)23-19-5-3-4-16(12-19)8-11-25-9-1-2-10-25/h3-7,12-13H,1-2,8-11,14-15H2,(H,23,26)(H,24,27). The average molecular weight is 363 g/mol. The first-order valence-corrected chi connectivity index (χ1v) is 9.68. The quantitative estimate of drug-likeness (QED) is 0.829. The molecular formula is C22H25N3O2. The van der Waals surface area contributed by atoms with Crippen molar-refractivity contribution in [3.05, 3.63) is 59.2 Å². The molecule has 1 fully saturated rings. The molecule has 27 heavy (non-hydrogen) atoms. The molecule has 2 amide bonds. The van der Waals surface area contributed by atoms with Crippen LogP contribution >= 0.6 is 0 Å². The van der Waals surface area contributed by atoms with Gasteiger partial charge in [-0.25, -0.2) is 0 Å². The van der Waals surface area contributed by atoms with E-state index in [-0.39, 0.29) is 11.8 Å². The third-order valence-electron chi connectivity index (χ3n) is 5.29. The number of fused-ring (bicyclic) bond motifs is 1. The third kappa shape index (κ3) is 4.55. The molecule has 5 heteroatoms. The van der Waals surface area contributed by atoms with Crippen LogP contribution in [0.4, 0.5) is 11.4 Å². The Balaban J connectivity index is 1.33. The van der Waals surface area contributed by atoms with Crippen molar-refractivity contribution in [2.24, 2.45) is 0 Å². The highest BCUT2D eigenvalue weighted by molar-refractivity contribution is 5.99. The smallest absolute Gasteiger partial charge is 0.228 e. The molecule has 0 aliphatic carbocycles. The van der Waals surface area contributed by atoms with E-state index in [0.717, 1.165) is 35.5 Å². The molecule has 2 aliphatic heterocycles. The van der Waals surface area contributed by atoms with Crippen molar-refractivity contribution in [2.45, 2.75) is 32.1 Å². The maximum absolute atomic E-state index is 12.4. The zero-order chi connectivity index (χ0) is 18.6. The second-order valence-corrected chi connectivity index (χ2v) is 7.44. The lowest BCUT2D eigenvalue weighted by molar-refractivity contribution is -0.116. The van der Waals surface area contributed by atoms with E-state index in [4.69, 9.17) is 0 Å². The number of likely N-dealkylation sites (tertiary alicyclic amines) is 1. The van der Waals surface area contributed by atoms with E-state index in [1.807, 2.05) is 30.3 Å². The second-order valence-electron chi connectivity index (χ2n) is 7.44. The Morgan fingerprint density at radius 3 is 2.78 bits per heavy atom. The molecule has 2 aromatic rings. The molecule has 0 aromatic heterocycles. The van der Waals surface area contributed by atoms with Gasteiger partial charge in [0.1, 0.15) is 0 Å². The summed E-state index contributed by atoms with van der Waals surface area (Å²) in [6, 6.07) is 13.9. The summed E-state index contributed by atoms with van der Waals surface area (Å²) in [4.78, 5) is 26.4. The molecule has 2 aliphatic rings. The molecule has 0 radical (unpaired) electrons. The van der Waals surface area contributed by atoms with Gasteiger partial charge in [-0.3, -0.25) is 9.59 Å². The molecule has 4 rings (SSSR count). The third-order valence-corrected chi connectivity index (χ3v) is 5.29. The first kappa shape index (κ1) is 17.7. The van der Waals surface area contributed by atoms with Crippen LogP contribution in [0, 0.1) is 0 Å². The Bertz CT molecular complexity index is 856. The number of anilines is 2. The van der Waals surface area contributed by atoms with Gasteiger partial charge < -0.3 is 15.5 Å². The van der Waals surface area contributed by atoms with Crippen molar-refractivity contribution in [1.82, 2.24) is 4.90 Å². The van der Waals surface area contributed by atoms with Gasteiger partial charge in [0.05, 0.1) is 12.8 Å². The lowest BCUT2D eigenvalue weighted by Crippen LogP contribution is -2.22. The van der Waals surface area contributed by atoms with Gasteiger partial charge in [0.25, 0.3) is 0 Å². The van der Waals surface area contributed by atoms with Gasteiger partial charge in [-0.1, -0.05) is 24.3 Å². The summed E-state index contributed by atoms with van der Waals surface area (Å²) < 4.78 is 0. The molecule has 0 saturated carbocycles. The van der Waals surface area contributed by atoms with Crippen LogP contribution in [0.25, 0.3) is 0 Å². The topological polar surface area (TPSA) is 61.4 Å². The minimum Gasteiger partial charge on any atom is -0.326 e. The predicted molar refractivity (Wildman–Crippen MR) is 107 cm³/mol. The summed E-state index contributed by atoms with van der Waals surface area (Å²) in [5.41, 5.74) is 4.82. The fourth-order valence-electron chi connectivity index (χ4n) is 3.86. The minimum absolute atomic E-state index is 0.0114. The largest absolute Gasteiger partial charge is 0.326 e. The summed E-state index contributed by atoms with van der Waals surface area (Å²) >= 11 is 0. The van der Waals surface area contributed by atoms with E-state index < -0.39 is 0 Å². The summed E-state index contributed by atoms with van der Waals surface area (Å²) in [5, 5.41) is 5.83. The van der Waals surface area contributed by atoms with Crippen molar-refractivity contribution in [2.75, 3.05) is 30.3 Å². The molecule has 5 nitrogen and oxygen atoms in total. The predicted octanol–water partition coefficient (Wildman–Crippen LogP) is 3.00. The lowest BCUT2D eigenvalue weighted by Gasteiger charge is -2.14. The van der Waals surface area contributed by atoms with Crippen molar-refractivity contribution in [3.8, 4) is 0 Å². The molecule has 0 unspecified atom stereocenters. The number of carbonyl (C=O) groups is 2. The van der Waals surface area contributed by atoms with Crippen LogP contribution in [0.1, 0.15) is 29.5 Å². The Morgan fingerprint density at radius 1 is 1.07 bits per heavy atom. The van der Waals surface area contributed by atoms with Crippen molar-refractivity contribution >= 4 is 23.2 Å². The van der Waals surface area contributed by atoms with Gasteiger partial charge in [0.2, 0.25) is 11.8 Å². The number of hydrogen-bond donors (Lipinski definition) is 2. The van der Waals surface area contributed by atoms with Crippen LogP contribution in [0.3, 0.4) is 0 Å². The Hall–Kier alpha value is -2.66. The van der Waals surface area contributed by atoms with Crippen LogP contribution in [-0.4, -0.2) is 36.3 Å². The number of carbonyl (C=O) groups excluding carboxylic acids is 2. The van der Waals surface area contributed by atoms with Gasteiger partial charge in [0, 0.05) is 17.9 Å². The average Bonchev–Trinajstić information content (AvgIpc) is 3.28. The van der Waals surface area contributed by atoms with E-state index in [2.05, 4.69) is 27.7 Å². The Morgan fingerprint density at radius 2 is 1.93 bits per heavy atom. The van der Waals surface area contributed by atoms with Gasteiger partial charge >= 0.3 is 0 Å². The summed E-state index contributed by atoms with van der Waals surface area (Å²) in [6.07, 6.45) is 4.34. The fraction of sp³-hybridized carbons (Fsp3) is 0.364. The lowest BCUT2D eigenvalue weighted by atomic mass is 10.1. The number of benzene rings is 2. The number of nitrogens with one attached hydrogen (secondary N) is 2. The van der Waals surface area contributed by atoms with Crippen LogP contribution in [0.2, 0.25) is 0 Å². The molecule has 2 heterocycles. The molecular weight excluding hydrogens is 338 g/mol. The molecule has 140 valence electrons. The van der Waals surface area contributed by atoms with Crippen molar-refractivity contribution in [1.29, 1.82) is 0 Å². The van der Waals surface area contributed by atoms with Crippen LogP contribution < -0.4 is 10.6 Å². The SMILES string of the molecule is O=C(Cc1ccc2c(c1)NC(=O)C2)Nc1cccc(CCN2CCCC2)c1. The van der Waals surface area contributed by atoms with Crippen LogP contribution in [0.5, 0.6) is 0 Å². The highest BCUT2D eigenvalue weighted by Gasteiger charge is 2.18. The number of rotatable bonds is 6. The number of amides is 2. The zero-order valence-corrected chi connectivity index (χ0v) is 15.5. The van der Waals surface area contributed by atoms with Crippen LogP contribution in [0.15, 0.2) is 42.5 Å². The summed E-state index contributed by atoms with van der Waals surface area (Å²) in [5.74, 6) is -0.0340. The van der Waals surface area contributed by atoms with Crippen molar-refractivity contribution < 1.29 is 9.59 Å². The van der Waals surface area contributed by atoms with E-state index >= 15 is 0 Å². The van der Waals surface area contributed by atoms with E-state index in [1.54, 1.807) is 0 Å². The maximum Gasteiger partial charge on any atom is 0.228 e. The van der Waals surface area contributed by atoms with E-state index in [0.29, 0.717) is 12.8 Å². The summed E-state index contributed by atoms with van der Waals surface area (Å²) in [7, 11) is 0. The molecule has 0 spiro atoms. The van der Waals surface area contributed by atoms with Gasteiger partial charge in [-0.15, -0.1) is 0 Å². The fourth-order valence-corrected chi connectivity index (χ4v) is 3.86.